The highest BCUT2D eigenvalue weighted by atomic mass is 32.2. The molecule has 4 bridgehead atoms. The maximum atomic E-state index is 13.1. The number of amides is 2. The maximum absolute atomic E-state index is 13.1. The van der Waals surface area contributed by atoms with Crippen molar-refractivity contribution in [3.05, 3.63) is 34.4 Å². The highest BCUT2D eigenvalue weighted by Gasteiger charge is 2.54. The fourth-order valence-electron chi connectivity index (χ4n) is 5.93. The molecule has 0 unspecified atom stereocenters. The molecule has 1 aromatic heterocycles. The Morgan fingerprint density at radius 1 is 1.06 bits per heavy atom. The molecule has 0 aliphatic heterocycles. The Balaban J connectivity index is 1.13. The zero-order chi connectivity index (χ0) is 22.3. The summed E-state index contributed by atoms with van der Waals surface area (Å²) in [5, 5.41) is 25.0. The molecule has 4 fully saturated rings. The van der Waals surface area contributed by atoms with E-state index in [9.17, 15) is 19.7 Å². The fourth-order valence-corrected chi connectivity index (χ4v) is 7.47. The quantitative estimate of drug-likeness (QED) is 0.265. The van der Waals surface area contributed by atoms with Crippen molar-refractivity contribution >= 4 is 51.4 Å². The van der Waals surface area contributed by atoms with Crippen LogP contribution in [0.15, 0.2) is 28.6 Å². The Labute approximate surface area is 192 Å². The molecule has 168 valence electrons. The molecule has 6 rings (SSSR count). The smallest absolute Gasteiger partial charge is 0.269 e. The first-order chi connectivity index (χ1) is 15.4. The summed E-state index contributed by atoms with van der Waals surface area (Å²) in [5.74, 6) is 2.04. The first kappa shape index (κ1) is 21.3. The molecule has 0 atom stereocenters. The van der Waals surface area contributed by atoms with Gasteiger partial charge in [-0.05, 0) is 68.4 Å². The third kappa shape index (κ3) is 4.36. The number of non-ortho nitro benzene ring substituents is 1. The highest BCUT2D eigenvalue weighted by Crippen LogP contribution is 2.60. The molecule has 1 aromatic carbocycles. The van der Waals surface area contributed by atoms with Gasteiger partial charge in [-0.1, -0.05) is 23.1 Å². The monoisotopic (exact) mass is 473 g/mol. The minimum Gasteiger partial charge on any atom is -0.325 e. The van der Waals surface area contributed by atoms with Crippen molar-refractivity contribution in [2.75, 3.05) is 16.4 Å². The molecular formula is C21H23N5O4S2. The van der Waals surface area contributed by atoms with E-state index < -0.39 is 4.92 Å². The predicted octanol–water partition coefficient (Wildman–Crippen LogP) is 4.33. The van der Waals surface area contributed by atoms with Gasteiger partial charge in [-0.3, -0.25) is 19.7 Å². The van der Waals surface area contributed by atoms with Gasteiger partial charge in [0.05, 0.1) is 16.1 Å². The second kappa shape index (κ2) is 8.43. The lowest BCUT2D eigenvalue weighted by molar-refractivity contribution is -0.384. The number of benzene rings is 1. The van der Waals surface area contributed by atoms with Crippen LogP contribution in [0.2, 0.25) is 0 Å². The minimum atomic E-state index is -0.490. The predicted molar refractivity (Wildman–Crippen MR) is 122 cm³/mol. The average molecular weight is 474 g/mol. The van der Waals surface area contributed by atoms with Crippen molar-refractivity contribution < 1.29 is 14.5 Å². The SMILES string of the molecule is O=C(CSc1nnc(NC(=O)C23CC4CC(CC(C4)C2)C3)s1)Nc1ccc([N+](=O)[O-])cc1. The van der Waals surface area contributed by atoms with Crippen molar-refractivity contribution in [1.29, 1.82) is 0 Å². The van der Waals surface area contributed by atoms with E-state index in [2.05, 4.69) is 20.8 Å². The van der Waals surface area contributed by atoms with Crippen molar-refractivity contribution in [1.82, 2.24) is 10.2 Å². The van der Waals surface area contributed by atoms with Crippen LogP contribution >= 0.6 is 23.1 Å². The molecule has 4 saturated carbocycles. The number of aromatic nitrogens is 2. The Hall–Kier alpha value is -2.53. The summed E-state index contributed by atoms with van der Waals surface area (Å²) in [6, 6.07) is 5.66. The van der Waals surface area contributed by atoms with E-state index in [1.165, 1.54) is 66.6 Å². The topological polar surface area (TPSA) is 127 Å². The van der Waals surface area contributed by atoms with E-state index >= 15 is 0 Å². The number of hydrogen-bond donors (Lipinski definition) is 2. The van der Waals surface area contributed by atoms with Crippen LogP contribution in [0, 0.1) is 33.3 Å². The number of anilines is 2. The van der Waals surface area contributed by atoms with Crippen molar-refractivity contribution in [2.45, 2.75) is 42.9 Å². The van der Waals surface area contributed by atoms with E-state index in [0.29, 0.717) is 32.9 Å². The summed E-state index contributed by atoms with van der Waals surface area (Å²) in [4.78, 5) is 35.5. The second-order valence-corrected chi connectivity index (χ2v) is 11.4. The van der Waals surface area contributed by atoms with Crippen LogP contribution < -0.4 is 10.6 Å². The molecule has 0 radical (unpaired) electrons. The van der Waals surface area contributed by atoms with Crippen LogP contribution in [0.1, 0.15) is 38.5 Å². The Morgan fingerprint density at radius 2 is 1.69 bits per heavy atom. The number of nitrogens with zero attached hydrogens (tertiary/aromatic N) is 3. The molecule has 0 spiro atoms. The summed E-state index contributed by atoms with van der Waals surface area (Å²) in [6.07, 6.45) is 6.84. The third-order valence-electron chi connectivity index (χ3n) is 6.84. The van der Waals surface area contributed by atoms with Crippen LogP contribution in [-0.4, -0.2) is 32.7 Å². The van der Waals surface area contributed by atoms with Crippen LogP contribution in [0.3, 0.4) is 0 Å². The fraction of sp³-hybridized carbons (Fsp3) is 0.524. The van der Waals surface area contributed by atoms with Crippen LogP contribution in [0.5, 0.6) is 0 Å². The number of carbonyl (C=O) groups is 2. The molecular weight excluding hydrogens is 450 g/mol. The molecule has 2 amide bonds. The van der Waals surface area contributed by atoms with Gasteiger partial charge in [0.15, 0.2) is 4.34 Å². The van der Waals surface area contributed by atoms with Gasteiger partial charge in [-0.25, -0.2) is 0 Å². The normalized spacial score (nSPS) is 27.8. The second-order valence-electron chi connectivity index (χ2n) is 9.17. The maximum Gasteiger partial charge on any atom is 0.269 e. The van der Waals surface area contributed by atoms with Gasteiger partial charge < -0.3 is 10.6 Å². The van der Waals surface area contributed by atoms with Crippen molar-refractivity contribution in [3.8, 4) is 0 Å². The Bertz CT molecular complexity index is 1020. The highest BCUT2D eigenvalue weighted by molar-refractivity contribution is 8.01. The van der Waals surface area contributed by atoms with Gasteiger partial charge in [0, 0.05) is 17.8 Å². The number of thioether (sulfide) groups is 1. The number of hydrogen-bond acceptors (Lipinski definition) is 8. The molecule has 0 saturated heterocycles. The van der Waals surface area contributed by atoms with E-state index in [1.807, 2.05) is 0 Å². The molecule has 4 aliphatic rings. The van der Waals surface area contributed by atoms with Crippen molar-refractivity contribution in [3.63, 3.8) is 0 Å². The largest absolute Gasteiger partial charge is 0.325 e. The summed E-state index contributed by atoms with van der Waals surface area (Å²) < 4.78 is 0.602. The minimum absolute atomic E-state index is 0.0330. The van der Waals surface area contributed by atoms with Crippen molar-refractivity contribution in [2.24, 2.45) is 23.2 Å². The van der Waals surface area contributed by atoms with E-state index in [1.54, 1.807) is 0 Å². The van der Waals surface area contributed by atoms with Gasteiger partial charge in [0.1, 0.15) is 0 Å². The first-order valence-electron chi connectivity index (χ1n) is 10.7. The standard InChI is InChI=1S/C21H23N5O4S2/c27-17(22-15-1-3-16(4-2-15)26(29)30)11-31-20-25-24-19(32-20)23-18(28)21-8-12-5-13(9-21)7-14(6-12)10-21/h1-4,12-14H,5-11H2,(H,22,27)(H,23,24,28). The van der Waals surface area contributed by atoms with Gasteiger partial charge in [0.2, 0.25) is 16.9 Å². The molecule has 11 heteroatoms. The zero-order valence-electron chi connectivity index (χ0n) is 17.3. The van der Waals surface area contributed by atoms with Crippen LogP contribution in [-0.2, 0) is 9.59 Å². The van der Waals surface area contributed by atoms with Crippen LogP contribution in [0.4, 0.5) is 16.5 Å². The Kier molecular flexibility index (Phi) is 5.62. The number of nitro benzene ring substituents is 1. The number of nitro groups is 1. The molecule has 9 nitrogen and oxygen atoms in total. The third-order valence-corrected chi connectivity index (χ3v) is 8.81. The lowest BCUT2D eigenvalue weighted by atomic mass is 9.49. The van der Waals surface area contributed by atoms with Gasteiger partial charge in [0.25, 0.3) is 5.69 Å². The van der Waals surface area contributed by atoms with Crippen LogP contribution in [0.25, 0.3) is 0 Å². The van der Waals surface area contributed by atoms with E-state index in [-0.39, 0.29) is 28.7 Å². The lowest BCUT2D eigenvalue weighted by Gasteiger charge is -2.55. The van der Waals surface area contributed by atoms with Gasteiger partial charge >= 0.3 is 0 Å². The summed E-state index contributed by atoms with van der Waals surface area (Å²) >= 11 is 2.51. The zero-order valence-corrected chi connectivity index (χ0v) is 18.9. The molecule has 2 aromatic rings. The Morgan fingerprint density at radius 3 is 2.28 bits per heavy atom. The molecule has 1 heterocycles. The first-order valence-corrected chi connectivity index (χ1v) is 12.5. The molecule has 2 N–H and O–H groups in total. The van der Waals surface area contributed by atoms with E-state index in [4.69, 9.17) is 0 Å². The number of carbonyl (C=O) groups excluding carboxylic acids is 2. The van der Waals surface area contributed by atoms with Gasteiger partial charge in [-0.2, -0.15) is 0 Å². The average Bonchev–Trinajstić information content (AvgIpc) is 3.19. The number of rotatable bonds is 7. The van der Waals surface area contributed by atoms with E-state index in [0.717, 1.165) is 19.3 Å². The lowest BCUT2D eigenvalue weighted by Crippen LogP contribution is -2.51. The molecule has 32 heavy (non-hydrogen) atoms. The number of nitrogens with one attached hydrogen (secondary N) is 2. The summed E-state index contributed by atoms with van der Waals surface area (Å²) in [6.45, 7) is 0. The summed E-state index contributed by atoms with van der Waals surface area (Å²) in [5.41, 5.74) is 0.217. The molecule has 4 aliphatic carbocycles. The summed E-state index contributed by atoms with van der Waals surface area (Å²) in [7, 11) is 0. The van der Waals surface area contributed by atoms with Gasteiger partial charge in [-0.15, -0.1) is 10.2 Å².